The van der Waals surface area contributed by atoms with E-state index in [0.717, 1.165) is 5.01 Å². The van der Waals surface area contributed by atoms with Gasteiger partial charge in [-0.2, -0.15) is 0 Å². The van der Waals surface area contributed by atoms with Crippen LogP contribution in [0.25, 0.3) is 0 Å². The Kier molecular flexibility index (Phi) is 11.7. The fraction of sp³-hybridized carbons (Fsp3) is 0.407. The van der Waals surface area contributed by atoms with Gasteiger partial charge in [0.25, 0.3) is 0 Å². The number of halogens is 1. The summed E-state index contributed by atoms with van der Waals surface area (Å²) in [6, 6.07) is 11.6. The van der Waals surface area contributed by atoms with Crippen LogP contribution in [0.1, 0.15) is 56.1 Å². The minimum absolute atomic E-state index is 0. The van der Waals surface area contributed by atoms with Gasteiger partial charge < -0.3 is 30.3 Å². The van der Waals surface area contributed by atoms with E-state index in [1.165, 1.54) is 29.2 Å². The van der Waals surface area contributed by atoms with Crippen molar-refractivity contribution in [1.82, 2.24) is 15.3 Å². The van der Waals surface area contributed by atoms with E-state index in [0.29, 0.717) is 17.5 Å². The van der Waals surface area contributed by atoms with E-state index >= 15 is 0 Å². The Hall–Kier alpha value is -3.48. The van der Waals surface area contributed by atoms with Crippen molar-refractivity contribution in [2.24, 2.45) is 5.73 Å². The SMILES string of the molecule is CC(C)(C)OC(=O)N(NC(c1ccc(C(=N)N)cc1)P(=O)(O)O)[C@H](Cc1ccccc1)C(=O)N1CCC[C@H]1C(=O)O.Cl. The van der Waals surface area contributed by atoms with E-state index in [4.69, 9.17) is 15.9 Å². The number of nitrogens with zero attached hydrogens (tertiary/aromatic N) is 2. The number of likely N-dealkylation sites (tertiary alicyclic amines) is 1. The summed E-state index contributed by atoms with van der Waals surface area (Å²) in [5, 5.41) is 18.1. The molecule has 1 aliphatic heterocycles. The third-order valence-electron chi connectivity index (χ3n) is 6.41. The molecule has 7 N–H and O–H groups in total. The maximum absolute atomic E-state index is 14.0. The molecule has 3 rings (SSSR count). The Balaban J connectivity index is 0.00000616. The van der Waals surface area contributed by atoms with Crippen molar-refractivity contribution in [2.45, 2.75) is 63.5 Å². The van der Waals surface area contributed by atoms with Gasteiger partial charge in [0.05, 0.1) is 0 Å². The number of ether oxygens (including phenoxy) is 1. The van der Waals surface area contributed by atoms with Crippen molar-refractivity contribution in [2.75, 3.05) is 6.54 Å². The van der Waals surface area contributed by atoms with Crippen LogP contribution < -0.4 is 11.2 Å². The van der Waals surface area contributed by atoms with Crippen LogP contribution in [0, 0.1) is 5.41 Å². The number of aliphatic carboxylic acids is 1. The predicted octanol–water partition coefficient (Wildman–Crippen LogP) is 3.00. The summed E-state index contributed by atoms with van der Waals surface area (Å²) in [6.45, 7) is 4.93. The monoisotopic (exact) mass is 625 g/mol. The van der Waals surface area contributed by atoms with Gasteiger partial charge in [0, 0.05) is 18.5 Å². The topological polar surface area (TPSA) is 207 Å². The summed E-state index contributed by atoms with van der Waals surface area (Å²) in [6.07, 6.45) is -0.524. The molecule has 1 heterocycles. The smallest absolute Gasteiger partial charge is 0.425 e. The number of amides is 2. The van der Waals surface area contributed by atoms with E-state index < -0.39 is 49.0 Å². The van der Waals surface area contributed by atoms with Crippen LogP contribution in [0.5, 0.6) is 0 Å². The Morgan fingerprint density at radius 3 is 2.24 bits per heavy atom. The minimum atomic E-state index is -5.05. The maximum atomic E-state index is 14.0. The highest BCUT2D eigenvalue weighted by atomic mass is 35.5. The number of nitrogens with two attached hydrogens (primary N) is 1. The van der Waals surface area contributed by atoms with Gasteiger partial charge >= 0.3 is 19.7 Å². The molecular weight excluding hydrogens is 589 g/mol. The lowest BCUT2D eigenvalue weighted by atomic mass is 10.0. The zero-order chi connectivity index (χ0) is 30.5. The van der Waals surface area contributed by atoms with Crippen molar-refractivity contribution >= 4 is 43.8 Å². The van der Waals surface area contributed by atoms with Crippen molar-refractivity contribution in [3.05, 3.63) is 71.3 Å². The Bertz CT molecular complexity index is 1320. The average Bonchev–Trinajstić information content (AvgIpc) is 3.37. The second-order valence-electron chi connectivity index (χ2n) is 10.7. The molecule has 1 unspecified atom stereocenters. The van der Waals surface area contributed by atoms with Gasteiger partial charge in [-0.05, 0) is 44.7 Å². The Labute approximate surface area is 250 Å². The molecule has 0 radical (unpaired) electrons. The minimum Gasteiger partial charge on any atom is -0.480 e. The number of hydrogen-bond acceptors (Lipinski definition) is 7. The summed E-state index contributed by atoms with van der Waals surface area (Å²) < 4.78 is 18.3. The molecule has 2 aromatic carbocycles. The molecule has 1 fully saturated rings. The summed E-state index contributed by atoms with van der Waals surface area (Å²) >= 11 is 0. The molecule has 0 spiro atoms. The van der Waals surface area contributed by atoms with Crippen LogP contribution in [0.15, 0.2) is 54.6 Å². The zero-order valence-corrected chi connectivity index (χ0v) is 25.2. The highest BCUT2D eigenvalue weighted by Gasteiger charge is 2.44. The lowest BCUT2D eigenvalue weighted by Crippen LogP contribution is -2.60. The van der Waals surface area contributed by atoms with Gasteiger partial charge in [-0.15, -0.1) is 12.4 Å². The molecule has 3 atom stereocenters. The molecule has 0 aliphatic carbocycles. The number of amidine groups is 1. The normalized spacial score (nSPS) is 16.6. The number of benzene rings is 2. The number of hydrogen-bond donors (Lipinski definition) is 6. The number of carbonyl (C=O) groups excluding carboxylic acids is 2. The number of nitrogen functional groups attached to an aromatic ring is 1. The van der Waals surface area contributed by atoms with Gasteiger partial charge in [0.2, 0.25) is 5.91 Å². The molecule has 1 saturated heterocycles. The van der Waals surface area contributed by atoms with Crippen molar-refractivity contribution in [3.8, 4) is 0 Å². The summed E-state index contributed by atoms with van der Waals surface area (Å²) in [5.41, 5.74) is 8.00. The molecule has 2 aromatic rings. The number of nitrogens with one attached hydrogen (secondary N) is 2. The van der Waals surface area contributed by atoms with Gasteiger partial charge in [-0.3, -0.25) is 14.8 Å². The fourth-order valence-electron chi connectivity index (χ4n) is 4.51. The van der Waals surface area contributed by atoms with Crippen LogP contribution in [-0.4, -0.2) is 72.8 Å². The average molecular weight is 626 g/mol. The summed E-state index contributed by atoms with van der Waals surface area (Å²) in [4.78, 5) is 61.4. The third-order valence-corrected chi connectivity index (χ3v) is 7.50. The number of carboxylic acid groups (broad SMARTS) is 1. The quantitative estimate of drug-likeness (QED) is 0.0984. The first-order chi connectivity index (χ1) is 19.1. The first-order valence-electron chi connectivity index (χ1n) is 12.9. The van der Waals surface area contributed by atoms with E-state index in [9.17, 15) is 33.8 Å². The van der Waals surface area contributed by atoms with Crippen molar-refractivity contribution < 1.29 is 38.6 Å². The zero-order valence-electron chi connectivity index (χ0n) is 23.5. The predicted molar refractivity (Wildman–Crippen MR) is 157 cm³/mol. The van der Waals surface area contributed by atoms with E-state index in [1.807, 2.05) is 0 Å². The third kappa shape index (κ3) is 9.01. The van der Waals surface area contributed by atoms with E-state index in [-0.39, 0.29) is 43.2 Å². The molecule has 13 nitrogen and oxygen atoms in total. The molecule has 0 bridgehead atoms. The second kappa shape index (κ2) is 14.1. The van der Waals surface area contributed by atoms with Gasteiger partial charge in [-0.1, -0.05) is 54.6 Å². The molecular formula is C27H37ClN5O8P. The Morgan fingerprint density at radius 1 is 1.14 bits per heavy atom. The van der Waals surface area contributed by atoms with Crippen LogP contribution >= 0.6 is 20.0 Å². The largest absolute Gasteiger partial charge is 0.480 e. The van der Waals surface area contributed by atoms with Crippen LogP contribution in [-0.2, 0) is 25.3 Å². The van der Waals surface area contributed by atoms with Gasteiger partial charge in [0.1, 0.15) is 23.5 Å². The highest BCUT2D eigenvalue weighted by molar-refractivity contribution is 7.52. The van der Waals surface area contributed by atoms with Gasteiger partial charge in [0.15, 0.2) is 5.78 Å². The molecule has 1 aliphatic rings. The summed E-state index contributed by atoms with van der Waals surface area (Å²) in [7, 11) is -5.05. The van der Waals surface area contributed by atoms with Crippen LogP contribution in [0.2, 0.25) is 0 Å². The highest BCUT2D eigenvalue weighted by Crippen LogP contribution is 2.50. The van der Waals surface area contributed by atoms with Crippen molar-refractivity contribution in [3.63, 3.8) is 0 Å². The first-order valence-corrected chi connectivity index (χ1v) is 14.6. The molecule has 230 valence electrons. The van der Waals surface area contributed by atoms with Crippen LogP contribution in [0.3, 0.4) is 0 Å². The second-order valence-corrected chi connectivity index (χ2v) is 12.4. The van der Waals surface area contributed by atoms with E-state index in [1.54, 1.807) is 51.1 Å². The molecule has 42 heavy (non-hydrogen) atoms. The molecule has 0 saturated carbocycles. The lowest BCUT2D eigenvalue weighted by molar-refractivity contribution is -0.151. The van der Waals surface area contributed by atoms with Crippen LogP contribution in [0.4, 0.5) is 4.79 Å². The summed E-state index contributed by atoms with van der Waals surface area (Å²) in [5.74, 6) is -3.96. The standard InChI is InChI=1S/C27H36N5O8P.ClH/c1-27(2,3)40-26(36)32(30-23(41(37,38)39)19-13-11-18(12-14-19)22(28)29)21(16-17-8-5-4-6-9-17)24(33)31-15-7-10-20(31)25(34)35;/h4-6,8-9,11-14,20-21,23,30H,7,10,15-16H2,1-3H3,(H3,28,29)(H,34,35)(H2,37,38,39);1H/t20-,21+,23?;/m0./s1. The van der Waals surface area contributed by atoms with E-state index in [2.05, 4.69) is 5.43 Å². The molecule has 2 amide bonds. The fourth-order valence-corrected chi connectivity index (χ4v) is 5.34. The first kappa shape index (κ1) is 34.7. The number of carboxylic acids is 1. The Morgan fingerprint density at radius 2 is 1.74 bits per heavy atom. The molecule has 0 aromatic heterocycles. The maximum Gasteiger partial charge on any atom is 0.425 e. The number of carbonyl (C=O) groups is 3. The van der Waals surface area contributed by atoms with Gasteiger partial charge in [-0.25, -0.2) is 20.0 Å². The number of rotatable bonds is 10. The van der Waals surface area contributed by atoms with Crippen molar-refractivity contribution in [1.29, 1.82) is 5.41 Å². The number of hydrazine groups is 1. The lowest BCUT2D eigenvalue weighted by Gasteiger charge is -2.38. The molecule has 15 heteroatoms.